The number of carbonyl (C=O) groups is 1. The van der Waals surface area contributed by atoms with Gasteiger partial charge in [-0.15, -0.1) is 11.3 Å². The molecule has 0 aliphatic carbocycles. The Kier molecular flexibility index (Phi) is 6.68. The van der Waals surface area contributed by atoms with Gasteiger partial charge in [0.05, 0.1) is 3.79 Å². The van der Waals surface area contributed by atoms with Crippen molar-refractivity contribution >= 4 is 33.2 Å². The number of halogens is 1. The summed E-state index contributed by atoms with van der Waals surface area (Å²) in [6.45, 7) is 1.38. The Morgan fingerprint density at radius 2 is 2.25 bits per heavy atom. The normalized spacial score (nSPS) is 10.4. The fourth-order valence-electron chi connectivity index (χ4n) is 1.33. The molecule has 0 bridgehead atoms. The molecule has 3 N–H and O–H groups in total. The Morgan fingerprint density at radius 3 is 2.88 bits per heavy atom. The van der Waals surface area contributed by atoms with Gasteiger partial charge < -0.3 is 11.1 Å². The van der Waals surface area contributed by atoms with Gasteiger partial charge in [-0.05, 0) is 53.9 Å². The van der Waals surface area contributed by atoms with Crippen LogP contribution in [0.5, 0.6) is 0 Å². The van der Waals surface area contributed by atoms with Gasteiger partial charge in [-0.25, -0.2) is 0 Å². The van der Waals surface area contributed by atoms with E-state index in [0.717, 1.165) is 23.0 Å². The zero-order valence-electron chi connectivity index (χ0n) is 9.17. The van der Waals surface area contributed by atoms with Gasteiger partial charge in [0.25, 0.3) is 0 Å². The molecule has 16 heavy (non-hydrogen) atoms. The molecule has 0 fully saturated rings. The minimum absolute atomic E-state index is 0.129. The van der Waals surface area contributed by atoms with Crippen LogP contribution in [0.15, 0.2) is 15.9 Å². The molecule has 1 amide bonds. The number of amides is 1. The third-order valence-electron chi connectivity index (χ3n) is 2.18. The summed E-state index contributed by atoms with van der Waals surface area (Å²) in [6, 6.07) is 4.11. The Hall–Kier alpha value is -0.390. The van der Waals surface area contributed by atoms with Gasteiger partial charge in [0.15, 0.2) is 0 Å². The lowest BCUT2D eigenvalue weighted by Gasteiger charge is -2.03. The minimum Gasteiger partial charge on any atom is -0.356 e. The van der Waals surface area contributed by atoms with Gasteiger partial charge in [-0.1, -0.05) is 0 Å². The molecule has 0 radical (unpaired) electrons. The van der Waals surface area contributed by atoms with Crippen molar-refractivity contribution in [2.75, 3.05) is 13.1 Å². The van der Waals surface area contributed by atoms with Crippen molar-refractivity contribution in [2.24, 2.45) is 5.73 Å². The third-order valence-corrected chi connectivity index (χ3v) is 3.86. The van der Waals surface area contributed by atoms with Crippen molar-refractivity contribution in [3.8, 4) is 0 Å². The van der Waals surface area contributed by atoms with Crippen LogP contribution in [-0.2, 0) is 11.2 Å². The number of carbonyl (C=O) groups excluding carboxylic acids is 1. The number of thiophene rings is 1. The van der Waals surface area contributed by atoms with E-state index in [0.29, 0.717) is 19.5 Å². The van der Waals surface area contributed by atoms with Crippen LogP contribution < -0.4 is 11.1 Å². The summed E-state index contributed by atoms with van der Waals surface area (Å²) in [5, 5.41) is 2.91. The Balaban J connectivity index is 2.08. The molecule has 0 unspecified atom stereocenters. The van der Waals surface area contributed by atoms with Gasteiger partial charge in [0.2, 0.25) is 5.91 Å². The number of unbranched alkanes of at least 4 members (excludes halogenated alkanes) is 1. The molecule has 0 aliphatic rings. The fourth-order valence-corrected chi connectivity index (χ4v) is 2.81. The third kappa shape index (κ3) is 5.63. The molecule has 1 rings (SSSR count). The molecule has 0 atom stereocenters. The van der Waals surface area contributed by atoms with Crippen molar-refractivity contribution in [2.45, 2.75) is 25.7 Å². The zero-order chi connectivity index (χ0) is 11.8. The number of nitrogens with one attached hydrogen (secondary N) is 1. The summed E-state index contributed by atoms with van der Waals surface area (Å²) in [5.41, 5.74) is 5.36. The smallest absolute Gasteiger partial charge is 0.220 e. The summed E-state index contributed by atoms with van der Waals surface area (Å²) in [4.78, 5) is 12.6. The Labute approximate surface area is 109 Å². The maximum absolute atomic E-state index is 11.4. The molecular weight excluding hydrogens is 288 g/mol. The minimum atomic E-state index is 0.129. The lowest BCUT2D eigenvalue weighted by molar-refractivity contribution is -0.121. The number of hydrogen-bond acceptors (Lipinski definition) is 3. The van der Waals surface area contributed by atoms with Gasteiger partial charge in [-0.2, -0.15) is 0 Å². The van der Waals surface area contributed by atoms with Crippen LogP contribution in [0.2, 0.25) is 0 Å². The molecule has 1 aromatic rings. The first kappa shape index (κ1) is 13.7. The van der Waals surface area contributed by atoms with Gasteiger partial charge >= 0.3 is 0 Å². The first-order valence-corrected chi connectivity index (χ1v) is 7.04. The van der Waals surface area contributed by atoms with Crippen molar-refractivity contribution in [3.05, 3.63) is 20.8 Å². The highest BCUT2D eigenvalue weighted by Gasteiger charge is 2.01. The highest BCUT2D eigenvalue weighted by atomic mass is 79.9. The van der Waals surface area contributed by atoms with E-state index in [1.165, 1.54) is 4.88 Å². The van der Waals surface area contributed by atoms with E-state index in [1.807, 2.05) is 6.07 Å². The largest absolute Gasteiger partial charge is 0.356 e. The number of nitrogens with two attached hydrogens (primary N) is 1. The SMILES string of the molecule is NCCCCC(=O)NCCc1ccc(Br)s1. The van der Waals surface area contributed by atoms with Gasteiger partial charge in [0, 0.05) is 17.8 Å². The molecule has 0 saturated carbocycles. The fraction of sp³-hybridized carbons (Fsp3) is 0.545. The first-order valence-electron chi connectivity index (χ1n) is 5.43. The molecular formula is C11H17BrN2OS. The molecule has 0 spiro atoms. The van der Waals surface area contributed by atoms with E-state index in [9.17, 15) is 4.79 Å². The van der Waals surface area contributed by atoms with E-state index >= 15 is 0 Å². The molecule has 90 valence electrons. The van der Waals surface area contributed by atoms with Crippen molar-refractivity contribution in [3.63, 3.8) is 0 Å². The van der Waals surface area contributed by atoms with Gasteiger partial charge in [-0.3, -0.25) is 4.79 Å². The standard InChI is InChI=1S/C11H17BrN2OS/c12-10-5-4-9(16-10)6-8-14-11(15)3-1-2-7-13/h4-5H,1-3,6-8,13H2,(H,14,15). The Bertz CT molecular complexity index is 328. The van der Waals surface area contributed by atoms with Crippen LogP contribution in [0.1, 0.15) is 24.1 Å². The van der Waals surface area contributed by atoms with Crippen LogP contribution in [0.4, 0.5) is 0 Å². The second kappa shape index (κ2) is 7.81. The summed E-state index contributed by atoms with van der Waals surface area (Å²) in [6.07, 6.45) is 3.29. The first-order chi connectivity index (χ1) is 7.72. The maximum atomic E-state index is 11.4. The predicted molar refractivity (Wildman–Crippen MR) is 71.6 cm³/mol. The summed E-state index contributed by atoms with van der Waals surface area (Å²) < 4.78 is 1.14. The molecule has 5 heteroatoms. The predicted octanol–water partition coefficient (Wildman–Crippen LogP) is 2.30. The van der Waals surface area contributed by atoms with E-state index in [1.54, 1.807) is 11.3 Å². The lowest BCUT2D eigenvalue weighted by atomic mass is 10.2. The van der Waals surface area contributed by atoms with Crippen LogP contribution in [-0.4, -0.2) is 19.0 Å². The van der Waals surface area contributed by atoms with Crippen LogP contribution in [0.3, 0.4) is 0 Å². The highest BCUT2D eigenvalue weighted by molar-refractivity contribution is 9.11. The number of hydrogen-bond donors (Lipinski definition) is 2. The van der Waals surface area contributed by atoms with Crippen molar-refractivity contribution in [1.29, 1.82) is 0 Å². The van der Waals surface area contributed by atoms with Crippen molar-refractivity contribution in [1.82, 2.24) is 5.32 Å². The maximum Gasteiger partial charge on any atom is 0.220 e. The topological polar surface area (TPSA) is 55.1 Å². The number of rotatable bonds is 7. The molecule has 0 aliphatic heterocycles. The summed E-state index contributed by atoms with van der Waals surface area (Å²) >= 11 is 5.12. The average molecular weight is 305 g/mol. The molecule has 0 saturated heterocycles. The summed E-state index contributed by atoms with van der Waals surface area (Å²) in [7, 11) is 0. The van der Waals surface area contributed by atoms with Crippen LogP contribution in [0, 0.1) is 0 Å². The average Bonchev–Trinajstić information content (AvgIpc) is 2.65. The van der Waals surface area contributed by atoms with Crippen molar-refractivity contribution < 1.29 is 4.79 Å². The summed E-state index contributed by atoms with van der Waals surface area (Å²) in [5.74, 6) is 0.129. The molecule has 1 aromatic heterocycles. The molecule has 1 heterocycles. The Morgan fingerprint density at radius 1 is 1.44 bits per heavy atom. The second-order valence-electron chi connectivity index (χ2n) is 3.55. The molecule has 3 nitrogen and oxygen atoms in total. The highest BCUT2D eigenvalue weighted by Crippen LogP contribution is 2.21. The molecule has 0 aromatic carbocycles. The van der Waals surface area contributed by atoms with E-state index in [2.05, 4.69) is 27.3 Å². The van der Waals surface area contributed by atoms with Crippen LogP contribution >= 0.6 is 27.3 Å². The quantitative estimate of drug-likeness (QED) is 0.760. The lowest BCUT2D eigenvalue weighted by Crippen LogP contribution is -2.25. The van der Waals surface area contributed by atoms with Gasteiger partial charge in [0.1, 0.15) is 0 Å². The van der Waals surface area contributed by atoms with E-state index < -0.39 is 0 Å². The van der Waals surface area contributed by atoms with E-state index in [4.69, 9.17) is 5.73 Å². The second-order valence-corrected chi connectivity index (χ2v) is 6.10. The monoisotopic (exact) mass is 304 g/mol. The van der Waals surface area contributed by atoms with Crippen LogP contribution in [0.25, 0.3) is 0 Å². The zero-order valence-corrected chi connectivity index (χ0v) is 11.6. The van der Waals surface area contributed by atoms with E-state index in [-0.39, 0.29) is 5.91 Å².